The Morgan fingerprint density at radius 2 is 2.24 bits per heavy atom. The van der Waals surface area contributed by atoms with Crippen LogP contribution in [0.1, 0.15) is 69.0 Å². The summed E-state index contributed by atoms with van der Waals surface area (Å²) in [5, 5.41) is 7.60. The minimum absolute atomic E-state index is 0.567. The number of hydrogen-bond donors (Lipinski definition) is 1. The largest absolute Gasteiger partial charge is 0.302 e. The van der Waals surface area contributed by atoms with Crippen LogP contribution in [-0.4, -0.2) is 34.7 Å². The highest BCUT2D eigenvalue weighted by atomic mass is 15.2. The van der Waals surface area contributed by atoms with E-state index in [4.69, 9.17) is 0 Å². The summed E-state index contributed by atoms with van der Waals surface area (Å²) in [7, 11) is 0. The van der Waals surface area contributed by atoms with Gasteiger partial charge < -0.3 is 4.90 Å². The van der Waals surface area contributed by atoms with Gasteiger partial charge in [-0.1, -0.05) is 26.0 Å². The zero-order valence-electron chi connectivity index (χ0n) is 13.5. The van der Waals surface area contributed by atoms with Crippen LogP contribution < -0.4 is 0 Å². The number of allylic oxidation sites excluding steroid dienone is 2. The van der Waals surface area contributed by atoms with Crippen molar-refractivity contribution in [2.75, 3.05) is 19.6 Å². The van der Waals surface area contributed by atoms with Crippen molar-refractivity contribution >= 4 is 0 Å². The number of aromatic amines is 1. The molecule has 1 fully saturated rings. The Balaban J connectivity index is 1.62. The first-order chi connectivity index (χ1) is 10.2. The van der Waals surface area contributed by atoms with Crippen LogP contribution in [0.5, 0.6) is 0 Å². The minimum atomic E-state index is 0.567. The van der Waals surface area contributed by atoms with Gasteiger partial charge >= 0.3 is 0 Å². The van der Waals surface area contributed by atoms with Crippen molar-refractivity contribution < 1.29 is 0 Å². The Bertz CT molecular complexity index is 475. The van der Waals surface area contributed by atoms with Crippen LogP contribution in [0.2, 0.25) is 0 Å². The zero-order chi connectivity index (χ0) is 14.7. The molecule has 2 heterocycles. The lowest BCUT2D eigenvalue weighted by molar-refractivity contribution is 0.172. The summed E-state index contributed by atoms with van der Waals surface area (Å²) in [5.74, 6) is 2.09. The van der Waals surface area contributed by atoms with Crippen molar-refractivity contribution in [3.63, 3.8) is 0 Å². The predicted molar refractivity (Wildman–Crippen MR) is 87.6 cm³/mol. The average Bonchev–Trinajstić information content (AvgIpc) is 2.98. The maximum Gasteiger partial charge on any atom is 0.0524 e. The smallest absolute Gasteiger partial charge is 0.0524 e. The van der Waals surface area contributed by atoms with Gasteiger partial charge in [-0.05, 0) is 56.0 Å². The fraction of sp³-hybridized carbons (Fsp3) is 0.722. The van der Waals surface area contributed by atoms with Crippen LogP contribution in [0, 0.1) is 5.92 Å². The van der Waals surface area contributed by atoms with Crippen molar-refractivity contribution in [1.29, 1.82) is 0 Å². The molecule has 1 aromatic rings. The van der Waals surface area contributed by atoms with E-state index in [1.807, 2.05) is 6.20 Å². The molecule has 116 valence electrons. The SMILES string of the molecule is CC(C)c1cn[nH]c1[C@@H]1CCCN(C[C@@H]2CC=CCC2)C1. The quantitative estimate of drug-likeness (QED) is 0.847. The van der Waals surface area contributed by atoms with E-state index < -0.39 is 0 Å². The lowest BCUT2D eigenvalue weighted by Gasteiger charge is -2.35. The third-order valence-electron chi connectivity index (χ3n) is 5.13. The van der Waals surface area contributed by atoms with Crippen LogP contribution >= 0.6 is 0 Å². The molecule has 3 nitrogen and oxygen atoms in total. The molecule has 0 spiro atoms. The van der Waals surface area contributed by atoms with E-state index in [9.17, 15) is 0 Å². The number of H-pyrrole nitrogens is 1. The first-order valence-electron chi connectivity index (χ1n) is 8.64. The van der Waals surface area contributed by atoms with Gasteiger partial charge in [-0.3, -0.25) is 5.10 Å². The van der Waals surface area contributed by atoms with Gasteiger partial charge in [-0.2, -0.15) is 5.10 Å². The second-order valence-corrected chi connectivity index (χ2v) is 7.14. The molecular formula is C18H29N3. The fourth-order valence-electron chi connectivity index (χ4n) is 3.94. The van der Waals surface area contributed by atoms with E-state index in [0.717, 1.165) is 5.92 Å². The Morgan fingerprint density at radius 1 is 1.33 bits per heavy atom. The molecular weight excluding hydrogens is 258 g/mol. The molecule has 1 aliphatic carbocycles. The van der Waals surface area contributed by atoms with Crippen molar-refractivity contribution in [1.82, 2.24) is 15.1 Å². The van der Waals surface area contributed by atoms with Crippen LogP contribution in [0.4, 0.5) is 0 Å². The highest BCUT2D eigenvalue weighted by molar-refractivity contribution is 5.24. The summed E-state index contributed by atoms with van der Waals surface area (Å²) in [6.07, 6.45) is 13.3. The van der Waals surface area contributed by atoms with Crippen molar-refractivity contribution in [2.24, 2.45) is 5.92 Å². The van der Waals surface area contributed by atoms with Crippen LogP contribution in [0.3, 0.4) is 0 Å². The number of piperidine rings is 1. The monoisotopic (exact) mass is 287 g/mol. The Labute approximate surface area is 128 Å². The van der Waals surface area contributed by atoms with Gasteiger partial charge in [-0.25, -0.2) is 0 Å². The third-order valence-corrected chi connectivity index (χ3v) is 5.13. The standard InChI is InChI=1S/C18H29N3/c1-14(2)17-11-19-20-18(17)16-9-6-10-21(13-16)12-15-7-4-3-5-8-15/h3-4,11,14-16H,5-10,12-13H2,1-2H3,(H,19,20)/t15-,16-/m1/s1. The normalized spacial score (nSPS) is 27.4. The molecule has 0 bridgehead atoms. The number of nitrogens with one attached hydrogen (secondary N) is 1. The molecule has 0 amide bonds. The zero-order valence-corrected chi connectivity index (χ0v) is 13.5. The van der Waals surface area contributed by atoms with Crippen LogP contribution in [0.25, 0.3) is 0 Å². The Hall–Kier alpha value is -1.09. The molecule has 2 aliphatic rings. The van der Waals surface area contributed by atoms with E-state index in [1.165, 1.54) is 63.0 Å². The van der Waals surface area contributed by atoms with Gasteiger partial charge in [0.15, 0.2) is 0 Å². The van der Waals surface area contributed by atoms with E-state index in [2.05, 4.69) is 41.1 Å². The number of nitrogens with zero attached hydrogens (tertiary/aromatic N) is 2. The lowest BCUT2D eigenvalue weighted by Crippen LogP contribution is -2.38. The van der Waals surface area contributed by atoms with Gasteiger partial charge in [0, 0.05) is 24.7 Å². The molecule has 0 unspecified atom stereocenters. The van der Waals surface area contributed by atoms with Gasteiger partial charge in [0.2, 0.25) is 0 Å². The average molecular weight is 287 g/mol. The number of likely N-dealkylation sites (tertiary alicyclic amines) is 1. The molecule has 3 heteroatoms. The maximum absolute atomic E-state index is 4.31. The molecule has 3 rings (SSSR count). The first-order valence-corrected chi connectivity index (χ1v) is 8.64. The van der Waals surface area contributed by atoms with Crippen molar-refractivity contribution in [3.05, 3.63) is 29.6 Å². The molecule has 1 saturated heterocycles. The highest BCUT2D eigenvalue weighted by Gasteiger charge is 2.26. The van der Waals surface area contributed by atoms with Crippen LogP contribution in [0.15, 0.2) is 18.3 Å². The van der Waals surface area contributed by atoms with Crippen molar-refractivity contribution in [2.45, 2.75) is 57.8 Å². The third kappa shape index (κ3) is 3.57. The Morgan fingerprint density at radius 3 is 3.00 bits per heavy atom. The molecule has 1 aromatic heterocycles. The molecule has 2 atom stereocenters. The molecule has 21 heavy (non-hydrogen) atoms. The number of aromatic nitrogens is 2. The summed E-state index contributed by atoms with van der Waals surface area (Å²) >= 11 is 0. The molecule has 1 aliphatic heterocycles. The van der Waals surface area contributed by atoms with E-state index >= 15 is 0 Å². The molecule has 1 N–H and O–H groups in total. The lowest BCUT2D eigenvalue weighted by atomic mass is 9.88. The topological polar surface area (TPSA) is 31.9 Å². The molecule has 0 saturated carbocycles. The van der Waals surface area contributed by atoms with Gasteiger partial charge in [0.05, 0.1) is 6.20 Å². The molecule has 0 radical (unpaired) electrons. The summed E-state index contributed by atoms with van der Waals surface area (Å²) in [4.78, 5) is 2.70. The van der Waals surface area contributed by atoms with Gasteiger partial charge in [0.1, 0.15) is 0 Å². The summed E-state index contributed by atoms with van der Waals surface area (Å²) in [6.45, 7) is 8.31. The first kappa shape index (κ1) is 14.8. The summed E-state index contributed by atoms with van der Waals surface area (Å²) in [6, 6.07) is 0. The maximum atomic E-state index is 4.31. The van der Waals surface area contributed by atoms with Gasteiger partial charge in [-0.15, -0.1) is 0 Å². The Kier molecular flexibility index (Phi) is 4.79. The number of rotatable bonds is 4. The minimum Gasteiger partial charge on any atom is -0.302 e. The van der Waals surface area contributed by atoms with Gasteiger partial charge in [0.25, 0.3) is 0 Å². The summed E-state index contributed by atoms with van der Waals surface area (Å²) in [5.41, 5.74) is 2.82. The summed E-state index contributed by atoms with van der Waals surface area (Å²) < 4.78 is 0. The second kappa shape index (κ2) is 6.78. The highest BCUT2D eigenvalue weighted by Crippen LogP contribution is 2.32. The number of hydrogen-bond acceptors (Lipinski definition) is 2. The van der Waals surface area contributed by atoms with E-state index in [1.54, 1.807) is 0 Å². The van der Waals surface area contributed by atoms with Crippen molar-refractivity contribution in [3.8, 4) is 0 Å². The molecule has 0 aromatic carbocycles. The fourth-order valence-corrected chi connectivity index (χ4v) is 3.94. The van der Waals surface area contributed by atoms with E-state index in [0.29, 0.717) is 11.8 Å². The second-order valence-electron chi connectivity index (χ2n) is 7.14. The predicted octanol–water partition coefficient (Wildman–Crippen LogP) is 4.07. The van der Waals surface area contributed by atoms with Crippen LogP contribution in [-0.2, 0) is 0 Å². The van der Waals surface area contributed by atoms with E-state index in [-0.39, 0.29) is 0 Å².